The van der Waals surface area contributed by atoms with Gasteiger partial charge in [-0.3, -0.25) is 0 Å². The highest BCUT2D eigenvalue weighted by Gasteiger charge is 2.52. The highest BCUT2D eigenvalue weighted by atomic mass is 14.7. The van der Waals surface area contributed by atoms with Gasteiger partial charge >= 0.3 is 0 Å². The second-order valence-corrected chi connectivity index (χ2v) is 15.0. The minimum absolute atomic E-state index is 0.406. The zero-order valence-electron chi connectivity index (χ0n) is 30.0. The van der Waals surface area contributed by atoms with Crippen molar-refractivity contribution in [2.45, 2.75) is 5.41 Å². The predicted octanol–water partition coefficient (Wildman–Crippen LogP) is 13.9. The van der Waals surface area contributed by atoms with Crippen molar-refractivity contribution in [3.05, 3.63) is 222 Å². The van der Waals surface area contributed by atoms with E-state index in [2.05, 4.69) is 200 Å². The van der Waals surface area contributed by atoms with Gasteiger partial charge in [-0.05, 0) is 106 Å². The zero-order chi connectivity index (χ0) is 36.1. The molecule has 1 heteroatoms. The molecule has 0 bridgehead atoms. The fourth-order valence-corrected chi connectivity index (χ4v) is 10.0. The van der Waals surface area contributed by atoms with Gasteiger partial charge in [0.2, 0.25) is 0 Å². The van der Waals surface area contributed by atoms with Crippen LogP contribution < -0.4 is 0 Å². The summed E-state index contributed by atoms with van der Waals surface area (Å²) < 4.78 is 0. The molecule has 0 radical (unpaired) electrons. The van der Waals surface area contributed by atoms with Crippen molar-refractivity contribution in [3.8, 4) is 55.9 Å². The molecule has 0 saturated heterocycles. The van der Waals surface area contributed by atoms with E-state index in [1.54, 1.807) is 0 Å². The lowest BCUT2D eigenvalue weighted by Crippen LogP contribution is -2.25. The van der Waals surface area contributed by atoms with Crippen molar-refractivity contribution in [2.75, 3.05) is 0 Å². The maximum absolute atomic E-state index is 5.60. The molecule has 12 rings (SSSR count). The first-order valence-electron chi connectivity index (χ1n) is 19.1. The normalized spacial score (nSPS) is 13.2. The van der Waals surface area contributed by atoms with E-state index in [1.807, 2.05) is 0 Å². The number of hydrogen-bond acceptors (Lipinski definition) is 1. The molecule has 0 unspecified atom stereocenters. The van der Waals surface area contributed by atoms with Crippen molar-refractivity contribution in [1.29, 1.82) is 0 Å². The fraction of sp³-hybridized carbons (Fsp3) is 0.0185. The van der Waals surface area contributed by atoms with E-state index in [0.717, 1.165) is 28.1 Å². The third kappa shape index (κ3) is 4.15. The first-order valence-corrected chi connectivity index (χ1v) is 19.1. The van der Waals surface area contributed by atoms with E-state index in [0.29, 0.717) is 0 Å². The number of hydrogen-bond donors (Lipinski definition) is 0. The number of nitrogens with zero attached hydrogens (tertiary/aromatic N) is 1. The Labute approximate surface area is 319 Å². The Morgan fingerprint density at radius 1 is 0.273 bits per heavy atom. The van der Waals surface area contributed by atoms with Crippen LogP contribution in [-0.4, -0.2) is 4.98 Å². The Kier molecular flexibility index (Phi) is 6.33. The topological polar surface area (TPSA) is 12.9 Å². The zero-order valence-corrected chi connectivity index (χ0v) is 30.0. The molecule has 0 amide bonds. The Morgan fingerprint density at radius 2 is 0.745 bits per heavy atom. The maximum Gasteiger partial charge on any atom is 0.0725 e. The van der Waals surface area contributed by atoms with Gasteiger partial charge < -0.3 is 0 Å². The van der Waals surface area contributed by atoms with Crippen LogP contribution in [0, 0.1) is 0 Å². The standard InChI is InChI=1S/C54H33N/c1-2-15-34(16-3-1)36-32-51(35-29-30-41-39-19-5-4-17-37(39)38-18-6-7-20-40(38)46(41)31-35)55-52(33-36)45-24-14-28-50-53(45)44-23-10-13-27-49(44)54(50)47-25-11-8-21-42(47)43-22-9-12-26-48(43)54/h1-33H. The molecule has 0 fully saturated rings. The third-order valence-electron chi connectivity index (χ3n) is 12.3. The highest BCUT2D eigenvalue weighted by Crippen LogP contribution is 2.63. The SMILES string of the molecule is c1ccc(-c2cc(-c3ccc4c5ccccc5c5ccccc5c4c3)nc(-c3cccc4c3-c3ccccc3C43c4ccccc4-c4ccccc43)c2)cc1. The summed E-state index contributed by atoms with van der Waals surface area (Å²) in [4.78, 5) is 5.60. The number of aromatic nitrogens is 1. The Bertz CT molecular complexity index is 3130. The van der Waals surface area contributed by atoms with Crippen molar-refractivity contribution >= 4 is 32.3 Å². The van der Waals surface area contributed by atoms with Crippen LogP contribution in [0.25, 0.3) is 88.2 Å². The van der Waals surface area contributed by atoms with Crippen molar-refractivity contribution in [3.63, 3.8) is 0 Å². The van der Waals surface area contributed by atoms with Gasteiger partial charge in [-0.15, -0.1) is 0 Å². The van der Waals surface area contributed by atoms with E-state index >= 15 is 0 Å². The van der Waals surface area contributed by atoms with Crippen LogP contribution >= 0.6 is 0 Å². The number of benzene rings is 9. The largest absolute Gasteiger partial charge is 0.248 e. The summed E-state index contributed by atoms with van der Waals surface area (Å²) in [5, 5.41) is 7.60. The Balaban J connectivity index is 1.13. The lowest BCUT2D eigenvalue weighted by molar-refractivity contribution is 0.794. The van der Waals surface area contributed by atoms with Gasteiger partial charge in [0.05, 0.1) is 16.8 Å². The van der Waals surface area contributed by atoms with Gasteiger partial charge in [0.1, 0.15) is 0 Å². The van der Waals surface area contributed by atoms with E-state index in [-0.39, 0.29) is 0 Å². The first-order chi connectivity index (χ1) is 27.3. The quantitative estimate of drug-likeness (QED) is 0.168. The molecule has 0 atom stereocenters. The molecule has 2 aliphatic rings. The molecule has 1 aromatic heterocycles. The monoisotopic (exact) mass is 695 g/mol. The molecule has 55 heavy (non-hydrogen) atoms. The molecule has 10 aromatic rings. The second-order valence-electron chi connectivity index (χ2n) is 15.0. The molecular formula is C54H33N. The minimum atomic E-state index is -0.406. The van der Waals surface area contributed by atoms with Gasteiger partial charge in [-0.1, -0.05) is 182 Å². The molecule has 2 aliphatic carbocycles. The van der Waals surface area contributed by atoms with Crippen LogP contribution in [0.2, 0.25) is 0 Å². The lowest BCUT2D eigenvalue weighted by Gasteiger charge is -2.30. The molecule has 0 N–H and O–H groups in total. The molecule has 1 spiro atoms. The summed E-state index contributed by atoms with van der Waals surface area (Å²) in [5.41, 5.74) is 16.6. The van der Waals surface area contributed by atoms with Crippen molar-refractivity contribution < 1.29 is 0 Å². The highest BCUT2D eigenvalue weighted by molar-refractivity contribution is 6.25. The average molecular weight is 696 g/mol. The summed E-state index contributed by atoms with van der Waals surface area (Å²) in [5.74, 6) is 0. The fourth-order valence-electron chi connectivity index (χ4n) is 10.0. The predicted molar refractivity (Wildman–Crippen MR) is 229 cm³/mol. The van der Waals surface area contributed by atoms with Crippen LogP contribution in [0.3, 0.4) is 0 Å². The summed E-state index contributed by atoms with van der Waals surface area (Å²) >= 11 is 0. The lowest BCUT2D eigenvalue weighted by atomic mass is 9.70. The van der Waals surface area contributed by atoms with Gasteiger partial charge in [0.25, 0.3) is 0 Å². The van der Waals surface area contributed by atoms with Gasteiger partial charge in [-0.2, -0.15) is 0 Å². The van der Waals surface area contributed by atoms with Crippen LogP contribution in [0.5, 0.6) is 0 Å². The van der Waals surface area contributed by atoms with Crippen molar-refractivity contribution in [2.24, 2.45) is 0 Å². The molecule has 254 valence electrons. The molecule has 0 saturated carbocycles. The number of rotatable bonds is 3. The first kappa shape index (κ1) is 30.4. The average Bonchev–Trinajstić information content (AvgIpc) is 3.74. The molecule has 9 aromatic carbocycles. The number of fused-ring (bicyclic) bond motifs is 16. The van der Waals surface area contributed by atoms with Crippen LogP contribution in [0.1, 0.15) is 22.3 Å². The molecular weight excluding hydrogens is 663 g/mol. The van der Waals surface area contributed by atoms with E-state index < -0.39 is 5.41 Å². The van der Waals surface area contributed by atoms with Crippen molar-refractivity contribution in [1.82, 2.24) is 4.98 Å². The van der Waals surface area contributed by atoms with Crippen LogP contribution in [-0.2, 0) is 5.41 Å². The Hall–Kier alpha value is -7.09. The second kappa shape index (κ2) is 11.5. The summed E-state index contributed by atoms with van der Waals surface area (Å²) in [6, 6.07) is 73.7. The molecule has 1 nitrogen and oxygen atoms in total. The summed E-state index contributed by atoms with van der Waals surface area (Å²) in [7, 11) is 0. The molecule has 1 heterocycles. The Morgan fingerprint density at radius 3 is 1.40 bits per heavy atom. The van der Waals surface area contributed by atoms with E-state index in [9.17, 15) is 0 Å². The third-order valence-corrected chi connectivity index (χ3v) is 12.3. The van der Waals surface area contributed by atoms with Crippen LogP contribution in [0.4, 0.5) is 0 Å². The summed E-state index contributed by atoms with van der Waals surface area (Å²) in [6.45, 7) is 0. The molecule has 0 aliphatic heterocycles. The summed E-state index contributed by atoms with van der Waals surface area (Å²) in [6.07, 6.45) is 0. The number of pyridine rings is 1. The maximum atomic E-state index is 5.60. The van der Waals surface area contributed by atoms with Gasteiger partial charge in [-0.25, -0.2) is 4.98 Å². The van der Waals surface area contributed by atoms with Crippen LogP contribution in [0.15, 0.2) is 200 Å². The van der Waals surface area contributed by atoms with E-state index in [4.69, 9.17) is 4.98 Å². The smallest absolute Gasteiger partial charge is 0.0725 e. The van der Waals surface area contributed by atoms with E-state index in [1.165, 1.54) is 82.4 Å². The van der Waals surface area contributed by atoms with Gasteiger partial charge in [0.15, 0.2) is 0 Å². The minimum Gasteiger partial charge on any atom is -0.248 e. The van der Waals surface area contributed by atoms with Gasteiger partial charge in [0, 0.05) is 11.1 Å².